The highest BCUT2D eigenvalue weighted by Gasteiger charge is 2.17. The second kappa shape index (κ2) is 6.34. The third-order valence-corrected chi connectivity index (χ3v) is 5.66. The molecule has 0 bridgehead atoms. The molecular formula is C13H17N3O2S2. The summed E-state index contributed by atoms with van der Waals surface area (Å²) in [5.41, 5.74) is 1.35. The summed E-state index contributed by atoms with van der Waals surface area (Å²) in [7, 11) is -3.53. The number of hydrogen-bond acceptors (Lipinski definition) is 5. The predicted octanol–water partition coefficient (Wildman–Crippen LogP) is 2.36. The Morgan fingerprint density at radius 1 is 1.30 bits per heavy atom. The van der Waals surface area contributed by atoms with Gasteiger partial charge in [0, 0.05) is 23.8 Å². The molecule has 0 radical (unpaired) electrons. The lowest BCUT2D eigenvalue weighted by molar-refractivity contribution is 0.603. The molecule has 2 rings (SSSR count). The molecule has 7 heteroatoms. The number of hydrogen-bond donors (Lipinski definition) is 2. The molecule has 2 aromatic heterocycles. The first kappa shape index (κ1) is 15.0. The molecule has 0 aliphatic heterocycles. The molecule has 5 nitrogen and oxygen atoms in total. The minimum absolute atomic E-state index is 0.321. The normalized spacial score (nSPS) is 11.5. The van der Waals surface area contributed by atoms with E-state index in [1.54, 1.807) is 24.5 Å². The van der Waals surface area contributed by atoms with E-state index in [2.05, 4.69) is 15.0 Å². The van der Waals surface area contributed by atoms with Crippen LogP contribution in [0.2, 0.25) is 0 Å². The zero-order valence-corrected chi connectivity index (χ0v) is 13.0. The first-order valence-corrected chi connectivity index (χ1v) is 8.56. The van der Waals surface area contributed by atoms with Gasteiger partial charge < -0.3 is 5.32 Å². The average molecular weight is 311 g/mol. The molecule has 0 atom stereocenters. The van der Waals surface area contributed by atoms with Crippen LogP contribution in [-0.4, -0.2) is 19.9 Å². The van der Waals surface area contributed by atoms with Gasteiger partial charge in [0.25, 0.3) is 10.0 Å². The lowest BCUT2D eigenvalue weighted by Crippen LogP contribution is -2.12. The van der Waals surface area contributed by atoms with Crippen LogP contribution in [0.15, 0.2) is 34.8 Å². The Hall–Kier alpha value is -1.44. The van der Waals surface area contributed by atoms with Crippen molar-refractivity contribution >= 4 is 27.0 Å². The quantitative estimate of drug-likeness (QED) is 0.859. The van der Waals surface area contributed by atoms with Crippen LogP contribution in [0.3, 0.4) is 0 Å². The molecule has 0 spiro atoms. The number of pyridine rings is 1. The van der Waals surface area contributed by atoms with E-state index >= 15 is 0 Å². The molecule has 0 aromatic carbocycles. The molecule has 0 amide bonds. The molecule has 0 aliphatic carbocycles. The van der Waals surface area contributed by atoms with Crippen LogP contribution in [0.1, 0.15) is 17.4 Å². The van der Waals surface area contributed by atoms with Gasteiger partial charge in [-0.2, -0.15) is 0 Å². The van der Waals surface area contributed by atoms with Crippen LogP contribution in [0.5, 0.6) is 0 Å². The molecule has 108 valence electrons. The van der Waals surface area contributed by atoms with E-state index in [9.17, 15) is 8.42 Å². The fourth-order valence-corrected chi connectivity index (χ4v) is 4.08. The Morgan fingerprint density at radius 2 is 2.10 bits per heavy atom. The maximum Gasteiger partial charge on any atom is 0.271 e. The zero-order chi connectivity index (χ0) is 14.6. The molecule has 0 aliphatic rings. The van der Waals surface area contributed by atoms with Crippen molar-refractivity contribution in [3.8, 4) is 0 Å². The summed E-state index contributed by atoms with van der Waals surface area (Å²) in [4.78, 5) is 4.94. The molecule has 0 unspecified atom stereocenters. The van der Waals surface area contributed by atoms with Crippen molar-refractivity contribution in [3.05, 3.63) is 41.0 Å². The van der Waals surface area contributed by atoms with Crippen molar-refractivity contribution in [2.75, 3.05) is 11.3 Å². The number of sulfonamides is 1. The summed E-state index contributed by atoms with van der Waals surface area (Å²) in [6, 6.07) is 5.12. The van der Waals surface area contributed by atoms with Crippen LogP contribution in [0, 0.1) is 6.92 Å². The van der Waals surface area contributed by atoms with Gasteiger partial charge in [-0.05, 0) is 37.2 Å². The topological polar surface area (TPSA) is 71.1 Å². The highest BCUT2D eigenvalue weighted by atomic mass is 32.2. The summed E-state index contributed by atoms with van der Waals surface area (Å²) in [6.45, 7) is 5.37. The summed E-state index contributed by atoms with van der Waals surface area (Å²) in [5.74, 6) is 0. The van der Waals surface area contributed by atoms with Gasteiger partial charge in [-0.1, -0.05) is 6.92 Å². The van der Waals surface area contributed by atoms with Gasteiger partial charge in [-0.15, -0.1) is 11.3 Å². The van der Waals surface area contributed by atoms with Gasteiger partial charge in [-0.3, -0.25) is 9.71 Å². The number of anilines is 1. The van der Waals surface area contributed by atoms with Crippen LogP contribution in [-0.2, 0) is 16.6 Å². The van der Waals surface area contributed by atoms with E-state index < -0.39 is 10.0 Å². The average Bonchev–Trinajstić information content (AvgIpc) is 2.88. The molecule has 2 aromatic rings. The van der Waals surface area contributed by atoms with E-state index in [0.29, 0.717) is 16.4 Å². The SMILES string of the molecule is CCNCc1ccc(S(=O)(=O)Nc2ccncc2C)s1. The highest BCUT2D eigenvalue weighted by molar-refractivity contribution is 7.94. The number of rotatable bonds is 6. The Labute approximate surface area is 123 Å². The summed E-state index contributed by atoms with van der Waals surface area (Å²) in [5, 5.41) is 3.18. The summed E-state index contributed by atoms with van der Waals surface area (Å²) >= 11 is 1.28. The summed E-state index contributed by atoms with van der Waals surface area (Å²) in [6.07, 6.45) is 3.19. The second-order valence-corrected chi connectivity index (χ2v) is 7.37. The smallest absolute Gasteiger partial charge is 0.271 e. The van der Waals surface area contributed by atoms with Crippen LogP contribution < -0.4 is 10.0 Å². The molecule has 2 N–H and O–H groups in total. The van der Waals surface area contributed by atoms with Gasteiger partial charge in [0.05, 0.1) is 5.69 Å². The Morgan fingerprint density at radius 3 is 2.80 bits per heavy atom. The van der Waals surface area contributed by atoms with E-state index in [0.717, 1.165) is 17.0 Å². The number of aryl methyl sites for hydroxylation is 1. The summed E-state index contributed by atoms with van der Waals surface area (Å²) < 4.78 is 27.5. The van der Waals surface area contributed by atoms with Gasteiger partial charge in [-0.25, -0.2) is 8.42 Å². The fraction of sp³-hybridized carbons (Fsp3) is 0.308. The second-order valence-electron chi connectivity index (χ2n) is 4.30. The van der Waals surface area contributed by atoms with E-state index in [1.807, 2.05) is 19.9 Å². The van der Waals surface area contributed by atoms with Crippen LogP contribution in [0.4, 0.5) is 5.69 Å². The standard InChI is InChI=1S/C13H17N3O2S2/c1-3-14-9-11-4-5-13(19-11)20(17,18)16-12-6-7-15-8-10(12)2/h4-8,14H,3,9H2,1-2H3,(H,15,16). The first-order chi connectivity index (χ1) is 9.53. The number of aromatic nitrogens is 1. The zero-order valence-electron chi connectivity index (χ0n) is 11.4. The lowest BCUT2D eigenvalue weighted by Gasteiger charge is -2.08. The van der Waals surface area contributed by atoms with Gasteiger partial charge in [0.2, 0.25) is 0 Å². The molecule has 0 saturated carbocycles. The Balaban J connectivity index is 2.18. The van der Waals surface area contributed by atoms with E-state index in [-0.39, 0.29) is 0 Å². The molecular weight excluding hydrogens is 294 g/mol. The molecule has 20 heavy (non-hydrogen) atoms. The highest BCUT2D eigenvalue weighted by Crippen LogP contribution is 2.24. The third kappa shape index (κ3) is 3.56. The van der Waals surface area contributed by atoms with Crippen molar-refractivity contribution in [2.24, 2.45) is 0 Å². The monoisotopic (exact) mass is 311 g/mol. The van der Waals surface area contributed by atoms with E-state index in [1.165, 1.54) is 11.3 Å². The van der Waals surface area contributed by atoms with Gasteiger partial charge >= 0.3 is 0 Å². The molecule has 0 fully saturated rings. The van der Waals surface area contributed by atoms with Gasteiger partial charge in [0.15, 0.2) is 0 Å². The Kier molecular flexibility index (Phi) is 4.74. The number of nitrogens with zero attached hydrogens (tertiary/aromatic N) is 1. The molecule has 0 saturated heterocycles. The lowest BCUT2D eigenvalue weighted by atomic mass is 10.3. The number of thiophene rings is 1. The molecule has 2 heterocycles. The number of nitrogens with one attached hydrogen (secondary N) is 2. The van der Waals surface area contributed by atoms with Crippen molar-refractivity contribution < 1.29 is 8.42 Å². The predicted molar refractivity (Wildman–Crippen MR) is 81.5 cm³/mol. The fourth-order valence-electron chi connectivity index (χ4n) is 1.63. The van der Waals surface area contributed by atoms with Crippen molar-refractivity contribution in [2.45, 2.75) is 24.6 Å². The first-order valence-electron chi connectivity index (χ1n) is 6.26. The minimum atomic E-state index is -3.53. The van der Waals surface area contributed by atoms with Gasteiger partial charge in [0.1, 0.15) is 4.21 Å². The minimum Gasteiger partial charge on any atom is -0.312 e. The van der Waals surface area contributed by atoms with Crippen LogP contribution >= 0.6 is 11.3 Å². The van der Waals surface area contributed by atoms with Crippen molar-refractivity contribution in [1.29, 1.82) is 0 Å². The third-order valence-electron chi connectivity index (χ3n) is 2.72. The van der Waals surface area contributed by atoms with Crippen LogP contribution in [0.25, 0.3) is 0 Å². The van der Waals surface area contributed by atoms with E-state index in [4.69, 9.17) is 0 Å². The Bertz CT molecular complexity index is 680. The maximum absolute atomic E-state index is 12.3. The van der Waals surface area contributed by atoms with Crippen molar-refractivity contribution in [3.63, 3.8) is 0 Å². The maximum atomic E-state index is 12.3. The van der Waals surface area contributed by atoms with Crippen molar-refractivity contribution in [1.82, 2.24) is 10.3 Å². The largest absolute Gasteiger partial charge is 0.312 e.